The maximum atomic E-state index is 10.8. The summed E-state index contributed by atoms with van der Waals surface area (Å²) in [6.45, 7) is 8.45. The molecule has 0 rings (SSSR count). The third kappa shape index (κ3) is 8.77. The Labute approximate surface area is 128 Å². The summed E-state index contributed by atoms with van der Waals surface area (Å²) in [6.07, 6.45) is 0. The molecular weight excluding hydrogens is 231 g/mol. The van der Waals surface area contributed by atoms with Gasteiger partial charge in [0.1, 0.15) is 0 Å². The van der Waals surface area contributed by atoms with Crippen LogP contribution in [0, 0.1) is 0 Å². The van der Waals surface area contributed by atoms with Crippen LogP contribution in [0.25, 0.3) is 0 Å². The fourth-order valence-corrected chi connectivity index (χ4v) is 5.29. The van der Waals surface area contributed by atoms with Crippen LogP contribution >= 0.6 is 11.2 Å². The standard InChI is InChI=1S/C7H16O3SSi.K.H/c1-5-9-12(4,10-6-2)11-7(3)8;;/h5-6H2,1-4H3;;. The summed E-state index contributed by atoms with van der Waals surface area (Å²) in [5.74, 6) is 0. The Morgan fingerprint density at radius 3 is 1.92 bits per heavy atom. The molecule has 0 heterocycles. The Kier molecular flexibility index (Phi) is 12.0. The van der Waals surface area contributed by atoms with Crippen LogP contribution in [-0.2, 0) is 13.6 Å². The van der Waals surface area contributed by atoms with Crippen molar-refractivity contribution in [3.05, 3.63) is 0 Å². The van der Waals surface area contributed by atoms with Gasteiger partial charge in [-0.25, -0.2) is 0 Å². The first-order valence-corrected chi connectivity index (χ1v) is 7.87. The van der Waals surface area contributed by atoms with E-state index in [2.05, 4.69) is 0 Å². The van der Waals surface area contributed by atoms with Gasteiger partial charge in [-0.3, -0.25) is 4.79 Å². The van der Waals surface area contributed by atoms with Crippen molar-refractivity contribution in [2.75, 3.05) is 13.2 Å². The Morgan fingerprint density at radius 1 is 1.31 bits per heavy atom. The minimum absolute atomic E-state index is 0. The van der Waals surface area contributed by atoms with E-state index in [9.17, 15) is 4.79 Å². The summed E-state index contributed by atoms with van der Waals surface area (Å²) in [6, 6.07) is 0. The Morgan fingerprint density at radius 2 is 1.69 bits per heavy atom. The van der Waals surface area contributed by atoms with Crippen molar-refractivity contribution in [2.24, 2.45) is 0 Å². The molecule has 0 radical (unpaired) electrons. The Hall–Kier alpha value is 1.79. The van der Waals surface area contributed by atoms with E-state index in [-0.39, 0.29) is 56.5 Å². The van der Waals surface area contributed by atoms with E-state index >= 15 is 0 Å². The third-order valence-electron chi connectivity index (χ3n) is 1.14. The zero-order chi connectivity index (χ0) is 9.61. The zero-order valence-electron chi connectivity index (χ0n) is 8.05. The van der Waals surface area contributed by atoms with Gasteiger partial charge in [-0.05, 0) is 20.4 Å². The molecule has 0 N–H and O–H groups in total. The maximum absolute atomic E-state index is 10.8. The average molecular weight is 248 g/mol. The second kappa shape index (κ2) is 9.05. The van der Waals surface area contributed by atoms with Gasteiger partial charge in [0.05, 0.1) is 0 Å². The second-order valence-electron chi connectivity index (χ2n) is 2.32. The summed E-state index contributed by atoms with van der Waals surface area (Å²) in [5, 5.41) is 0.0612. The van der Waals surface area contributed by atoms with Crippen molar-refractivity contribution in [2.45, 2.75) is 27.3 Å². The van der Waals surface area contributed by atoms with Crippen LogP contribution in [0.5, 0.6) is 0 Å². The van der Waals surface area contributed by atoms with E-state index in [1.807, 2.05) is 20.4 Å². The van der Waals surface area contributed by atoms with Crippen LogP contribution in [0.3, 0.4) is 0 Å². The Bertz CT molecular complexity index is 151. The molecule has 0 aromatic heterocycles. The molecule has 0 aliphatic carbocycles. The van der Waals surface area contributed by atoms with Gasteiger partial charge in [-0.15, -0.1) is 0 Å². The molecule has 6 heteroatoms. The normalized spacial score (nSPS) is 10.8. The molecule has 3 nitrogen and oxygen atoms in total. The van der Waals surface area contributed by atoms with Crippen molar-refractivity contribution in [3.8, 4) is 0 Å². The number of rotatable bonds is 5. The predicted octanol–water partition coefficient (Wildman–Crippen LogP) is 1.26. The van der Waals surface area contributed by atoms with Crippen molar-refractivity contribution in [3.63, 3.8) is 0 Å². The monoisotopic (exact) mass is 248 g/mol. The molecule has 0 fully saturated rings. The molecule has 0 saturated carbocycles. The van der Waals surface area contributed by atoms with E-state index < -0.39 is 7.71 Å². The molecule has 0 aromatic rings. The second-order valence-corrected chi connectivity index (χ2v) is 8.24. The number of carbonyl (C=O) groups is 1. The number of carbonyl (C=O) groups excluding carboxylic acids is 1. The van der Waals surface area contributed by atoms with Crippen LogP contribution < -0.4 is 0 Å². The molecule has 0 spiro atoms. The van der Waals surface area contributed by atoms with Gasteiger partial charge in [-0.1, -0.05) is 11.2 Å². The van der Waals surface area contributed by atoms with Gasteiger partial charge in [0.2, 0.25) is 0 Å². The molecule has 13 heavy (non-hydrogen) atoms. The van der Waals surface area contributed by atoms with Crippen molar-refractivity contribution in [1.29, 1.82) is 0 Å². The molecule has 0 aliphatic rings. The molecule has 0 bridgehead atoms. The summed E-state index contributed by atoms with van der Waals surface area (Å²) < 4.78 is 10.9. The van der Waals surface area contributed by atoms with Crippen LogP contribution in [0.1, 0.15) is 20.8 Å². The molecule has 0 aromatic carbocycles. The summed E-state index contributed by atoms with van der Waals surface area (Å²) in [4.78, 5) is 10.8. The molecule has 0 aliphatic heterocycles. The fourth-order valence-electron chi connectivity index (χ4n) is 0.886. The van der Waals surface area contributed by atoms with E-state index in [0.717, 1.165) is 0 Å². The molecular formula is C7H17KO3SSi. The van der Waals surface area contributed by atoms with Gasteiger partial charge in [-0.2, -0.15) is 0 Å². The van der Waals surface area contributed by atoms with Crippen molar-refractivity contribution in [1.82, 2.24) is 0 Å². The van der Waals surface area contributed by atoms with Gasteiger partial charge < -0.3 is 8.85 Å². The fraction of sp³-hybridized carbons (Fsp3) is 0.857. The van der Waals surface area contributed by atoms with Gasteiger partial charge in [0.15, 0.2) is 5.12 Å². The number of hydrogen-bond donors (Lipinski definition) is 0. The van der Waals surface area contributed by atoms with E-state index in [1.54, 1.807) is 0 Å². The topological polar surface area (TPSA) is 35.5 Å². The van der Waals surface area contributed by atoms with Crippen LogP contribution in [0.4, 0.5) is 0 Å². The minimum atomic E-state index is -2.25. The predicted molar refractivity (Wildman–Crippen MR) is 60.3 cm³/mol. The van der Waals surface area contributed by atoms with Gasteiger partial charge >= 0.3 is 59.1 Å². The van der Waals surface area contributed by atoms with Crippen molar-refractivity contribution >= 4 is 75.4 Å². The van der Waals surface area contributed by atoms with E-state index in [1.165, 1.54) is 18.1 Å². The van der Waals surface area contributed by atoms with Crippen LogP contribution in [0.15, 0.2) is 0 Å². The average Bonchev–Trinajstić information content (AvgIpc) is 1.85. The first-order chi connectivity index (χ1) is 5.54. The zero-order valence-corrected chi connectivity index (χ0v) is 9.86. The molecule has 0 atom stereocenters. The first-order valence-electron chi connectivity index (χ1n) is 4.01. The van der Waals surface area contributed by atoms with Gasteiger partial charge in [0, 0.05) is 20.1 Å². The van der Waals surface area contributed by atoms with Crippen molar-refractivity contribution < 1.29 is 13.6 Å². The van der Waals surface area contributed by atoms with Crippen LogP contribution in [-0.4, -0.2) is 77.4 Å². The molecule has 0 amide bonds. The molecule has 74 valence electrons. The molecule has 0 saturated heterocycles. The van der Waals surface area contributed by atoms with Gasteiger partial charge in [0.25, 0.3) is 0 Å². The summed E-state index contributed by atoms with van der Waals surface area (Å²) in [5.41, 5.74) is 0. The summed E-state index contributed by atoms with van der Waals surface area (Å²) in [7, 11) is -2.25. The van der Waals surface area contributed by atoms with Crippen LogP contribution in [0.2, 0.25) is 6.55 Å². The Balaban J connectivity index is 0. The first kappa shape index (κ1) is 17.2. The number of hydrogen-bond acceptors (Lipinski definition) is 4. The SMILES string of the molecule is CCO[Si](C)(OCC)SC(C)=O.[KH]. The summed E-state index contributed by atoms with van der Waals surface area (Å²) >= 11 is 1.21. The molecule has 0 unspecified atom stereocenters. The third-order valence-corrected chi connectivity index (χ3v) is 6.11. The van der Waals surface area contributed by atoms with E-state index in [4.69, 9.17) is 8.85 Å². The van der Waals surface area contributed by atoms with E-state index in [0.29, 0.717) is 13.2 Å². The quantitative estimate of drug-likeness (QED) is 0.686.